The smallest absolute Gasteiger partial charge is 0.109 e. The Bertz CT molecular complexity index is 585. The number of imidazole rings is 1. The molecule has 1 aromatic heterocycles. The summed E-state index contributed by atoms with van der Waals surface area (Å²) >= 11 is 3.54. The summed E-state index contributed by atoms with van der Waals surface area (Å²) in [7, 11) is 0. The number of benzene rings is 1. The molecule has 1 unspecified atom stereocenters. The van der Waals surface area contributed by atoms with Gasteiger partial charge in [0, 0.05) is 17.4 Å². The average molecular weight is 336 g/mol. The van der Waals surface area contributed by atoms with Gasteiger partial charge >= 0.3 is 0 Å². The van der Waals surface area contributed by atoms with Crippen LogP contribution in [0.3, 0.4) is 0 Å². The fourth-order valence-electron chi connectivity index (χ4n) is 3.11. The molecule has 0 aliphatic carbocycles. The third kappa shape index (κ3) is 2.91. The van der Waals surface area contributed by atoms with Gasteiger partial charge in [-0.2, -0.15) is 0 Å². The van der Waals surface area contributed by atoms with Crippen LogP contribution in [0.2, 0.25) is 0 Å². The number of rotatable bonds is 5. The normalized spacial score (nSPS) is 19.0. The minimum Gasteiger partial charge on any atom is -0.328 e. The van der Waals surface area contributed by atoms with Crippen molar-refractivity contribution >= 4 is 27.0 Å². The highest BCUT2D eigenvalue weighted by molar-refractivity contribution is 9.10. The van der Waals surface area contributed by atoms with Gasteiger partial charge < -0.3 is 9.88 Å². The summed E-state index contributed by atoms with van der Waals surface area (Å²) in [6.45, 7) is 5.66. The van der Waals surface area contributed by atoms with Crippen molar-refractivity contribution in [1.29, 1.82) is 0 Å². The summed E-state index contributed by atoms with van der Waals surface area (Å²) in [6, 6.07) is 6.42. The van der Waals surface area contributed by atoms with Crippen molar-refractivity contribution in [1.82, 2.24) is 14.9 Å². The minimum atomic E-state index is 0.830. The lowest BCUT2D eigenvalue weighted by atomic mass is 10.0. The highest BCUT2D eigenvalue weighted by Gasteiger charge is 2.16. The van der Waals surface area contributed by atoms with Crippen molar-refractivity contribution in [2.45, 2.75) is 39.2 Å². The van der Waals surface area contributed by atoms with Gasteiger partial charge in [-0.05, 0) is 56.5 Å². The van der Waals surface area contributed by atoms with Crippen molar-refractivity contribution in [2.75, 3.05) is 13.1 Å². The van der Waals surface area contributed by atoms with E-state index in [0.29, 0.717) is 0 Å². The molecule has 2 heterocycles. The number of fused-ring (bicyclic) bond motifs is 1. The highest BCUT2D eigenvalue weighted by atomic mass is 79.9. The molecule has 1 fully saturated rings. The Morgan fingerprint density at radius 2 is 2.35 bits per heavy atom. The summed E-state index contributed by atoms with van der Waals surface area (Å²) in [4.78, 5) is 4.87. The number of hydrogen-bond donors (Lipinski definition) is 1. The summed E-state index contributed by atoms with van der Waals surface area (Å²) in [6.07, 6.45) is 4.82. The van der Waals surface area contributed by atoms with Crippen LogP contribution in [0.5, 0.6) is 0 Å². The van der Waals surface area contributed by atoms with E-state index < -0.39 is 0 Å². The topological polar surface area (TPSA) is 29.9 Å². The maximum atomic E-state index is 4.87. The Morgan fingerprint density at radius 3 is 3.10 bits per heavy atom. The first-order chi connectivity index (χ1) is 9.78. The molecule has 4 heteroatoms. The van der Waals surface area contributed by atoms with Gasteiger partial charge in [0.25, 0.3) is 0 Å². The number of nitrogens with zero attached hydrogens (tertiary/aromatic N) is 2. The first kappa shape index (κ1) is 14.1. The number of aromatic nitrogens is 2. The van der Waals surface area contributed by atoms with Crippen molar-refractivity contribution in [2.24, 2.45) is 5.92 Å². The van der Waals surface area contributed by atoms with Crippen LogP contribution in [0, 0.1) is 5.92 Å². The Hall–Kier alpha value is -0.870. The molecule has 0 spiro atoms. The molecule has 3 rings (SSSR count). The summed E-state index contributed by atoms with van der Waals surface area (Å²) in [5.74, 6) is 2.09. The Balaban J connectivity index is 1.85. The van der Waals surface area contributed by atoms with Gasteiger partial charge in [-0.1, -0.05) is 22.9 Å². The molecular formula is C16H22BrN3. The number of hydrogen-bond acceptors (Lipinski definition) is 2. The van der Waals surface area contributed by atoms with Crippen LogP contribution in [-0.4, -0.2) is 22.6 Å². The van der Waals surface area contributed by atoms with Gasteiger partial charge in [0.15, 0.2) is 0 Å². The standard InChI is InChI=1S/C16H22BrN3/c1-2-9-20-15-5-4-13(17)10-14(15)19-16(20)6-3-12-7-8-18-11-12/h4-5,10,12,18H,2-3,6-9,11H2,1H3. The van der Waals surface area contributed by atoms with Crippen LogP contribution >= 0.6 is 15.9 Å². The van der Waals surface area contributed by atoms with Gasteiger partial charge in [0.05, 0.1) is 11.0 Å². The fraction of sp³-hybridized carbons (Fsp3) is 0.562. The van der Waals surface area contributed by atoms with E-state index in [1.165, 1.54) is 37.3 Å². The third-order valence-electron chi connectivity index (χ3n) is 4.18. The number of aryl methyl sites for hydroxylation is 2. The first-order valence-corrected chi connectivity index (χ1v) is 8.42. The molecule has 1 N–H and O–H groups in total. The maximum Gasteiger partial charge on any atom is 0.109 e. The number of nitrogens with one attached hydrogen (secondary N) is 1. The second-order valence-electron chi connectivity index (χ2n) is 5.71. The molecule has 1 saturated heterocycles. The van der Waals surface area contributed by atoms with E-state index in [1.807, 2.05) is 0 Å². The molecule has 3 nitrogen and oxygen atoms in total. The lowest BCUT2D eigenvalue weighted by Crippen LogP contribution is -2.11. The van der Waals surface area contributed by atoms with Crippen molar-refractivity contribution in [3.05, 3.63) is 28.5 Å². The van der Waals surface area contributed by atoms with E-state index in [1.54, 1.807) is 0 Å². The molecule has 1 aromatic carbocycles. The van der Waals surface area contributed by atoms with Crippen LogP contribution in [-0.2, 0) is 13.0 Å². The predicted molar refractivity (Wildman–Crippen MR) is 87.0 cm³/mol. The van der Waals surface area contributed by atoms with Crippen LogP contribution in [0.25, 0.3) is 11.0 Å². The van der Waals surface area contributed by atoms with E-state index in [2.05, 4.69) is 50.9 Å². The Morgan fingerprint density at radius 1 is 1.45 bits per heavy atom. The van der Waals surface area contributed by atoms with Gasteiger partial charge in [0.2, 0.25) is 0 Å². The summed E-state index contributed by atoms with van der Waals surface area (Å²) in [5, 5.41) is 3.45. The quantitative estimate of drug-likeness (QED) is 0.901. The lowest BCUT2D eigenvalue weighted by molar-refractivity contribution is 0.513. The zero-order valence-corrected chi connectivity index (χ0v) is 13.6. The molecule has 108 valence electrons. The first-order valence-electron chi connectivity index (χ1n) is 7.63. The lowest BCUT2D eigenvalue weighted by Gasteiger charge is -2.10. The van der Waals surface area contributed by atoms with E-state index in [4.69, 9.17) is 4.98 Å². The fourth-order valence-corrected chi connectivity index (χ4v) is 3.46. The number of halogens is 1. The summed E-state index contributed by atoms with van der Waals surface area (Å²) < 4.78 is 3.52. The van der Waals surface area contributed by atoms with Crippen molar-refractivity contribution in [3.8, 4) is 0 Å². The zero-order chi connectivity index (χ0) is 13.9. The largest absolute Gasteiger partial charge is 0.328 e. The van der Waals surface area contributed by atoms with Gasteiger partial charge in [-0.15, -0.1) is 0 Å². The van der Waals surface area contributed by atoms with Crippen LogP contribution in [0.4, 0.5) is 0 Å². The van der Waals surface area contributed by atoms with Crippen LogP contribution in [0.1, 0.15) is 32.0 Å². The second-order valence-corrected chi connectivity index (χ2v) is 6.63. The van der Waals surface area contributed by atoms with Gasteiger partial charge in [-0.25, -0.2) is 4.98 Å². The Kier molecular flexibility index (Phi) is 4.41. The molecule has 1 aliphatic rings. The van der Waals surface area contributed by atoms with Crippen LogP contribution < -0.4 is 5.32 Å². The van der Waals surface area contributed by atoms with Gasteiger partial charge in [0.1, 0.15) is 5.82 Å². The average Bonchev–Trinajstić information content (AvgIpc) is 3.05. The summed E-state index contributed by atoms with van der Waals surface area (Å²) in [5.41, 5.74) is 2.39. The molecular weight excluding hydrogens is 314 g/mol. The minimum absolute atomic E-state index is 0.830. The molecule has 0 bridgehead atoms. The van der Waals surface area contributed by atoms with Gasteiger partial charge in [-0.3, -0.25) is 0 Å². The SMILES string of the molecule is CCCn1c(CCC2CCNC2)nc2cc(Br)ccc21. The molecule has 1 aliphatic heterocycles. The second kappa shape index (κ2) is 6.27. The van der Waals surface area contributed by atoms with E-state index in [-0.39, 0.29) is 0 Å². The van der Waals surface area contributed by atoms with Crippen LogP contribution in [0.15, 0.2) is 22.7 Å². The highest BCUT2D eigenvalue weighted by Crippen LogP contribution is 2.23. The van der Waals surface area contributed by atoms with Crippen molar-refractivity contribution in [3.63, 3.8) is 0 Å². The molecule has 1 atom stereocenters. The van der Waals surface area contributed by atoms with E-state index in [9.17, 15) is 0 Å². The van der Waals surface area contributed by atoms with E-state index in [0.717, 1.165) is 35.3 Å². The van der Waals surface area contributed by atoms with E-state index >= 15 is 0 Å². The zero-order valence-electron chi connectivity index (χ0n) is 12.0. The molecule has 0 saturated carbocycles. The predicted octanol–water partition coefficient (Wildman–Crippen LogP) is 3.75. The Labute approximate surface area is 128 Å². The monoisotopic (exact) mass is 335 g/mol. The molecule has 0 radical (unpaired) electrons. The molecule has 0 amide bonds. The molecule has 20 heavy (non-hydrogen) atoms. The maximum absolute atomic E-state index is 4.87. The third-order valence-corrected chi connectivity index (χ3v) is 4.67. The molecule has 2 aromatic rings. The van der Waals surface area contributed by atoms with Crippen molar-refractivity contribution < 1.29 is 0 Å².